The van der Waals surface area contributed by atoms with Crippen LogP contribution in [-0.4, -0.2) is 12.8 Å². The lowest BCUT2D eigenvalue weighted by Crippen LogP contribution is -2.09. The Morgan fingerprint density at radius 3 is 2.28 bits per heavy atom. The number of carbonyl (C=O) groups is 1. The van der Waals surface area contributed by atoms with E-state index in [9.17, 15) is 4.79 Å². The minimum absolute atomic E-state index is 0.0655. The molecule has 3 heteroatoms. The van der Waals surface area contributed by atoms with Crippen molar-refractivity contribution >= 4 is 33.1 Å². The van der Waals surface area contributed by atoms with Gasteiger partial charge < -0.3 is 4.90 Å². The van der Waals surface area contributed by atoms with Crippen LogP contribution in [0.3, 0.4) is 0 Å². The van der Waals surface area contributed by atoms with Crippen LogP contribution in [0.4, 0.5) is 11.4 Å². The van der Waals surface area contributed by atoms with Gasteiger partial charge in [-0.05, 0) is 53.2 Å². The van der Waals surface area contributed by atoms with Crippen LogP contribution in [0.1, 0.15) is 17.3 Å². The van der Waals surface area contributed by atoms with Gasteiger partial charge in [0.15, 0.2) is 5.78 Å². The van der Waals surface area contributed by atoms with Crippen molar-refractivity contribution in [3.8, 4) is 0 Å². The Bertz CT molecular complexity index is 566. The van der Waals surface area contributed by atoms with Crippen molar-refractivity contribution in [3.05, 3.63) is 58.6 Å². The average Bonchev–Trinajstić information content (AvgIpc) is 2.38. The predicted molar refractivity (Wildman–Crippen MR) is 78.7 cm³/mol. The second kappa shape index (κ2) is 5.36. The predicted octanol–water partition coefficient (Wildman–Crippen LogP) is 4.42. The van der Waals surface area contributed by atoms with Gasteiger partial charge in [0, 0.05) is 28.5 Å². The van der Waals surface area contributed by atoms with Crippen LogP contribution in [-0.2, 0) is 0 Å². The summed E-state index contributed by atoms with van der Waals surface area (Å²) in [5, 5.41) is 0. The van der Waals surface area contributed by atoms with Gasteiger partial charge in [0.05, 0.1) is 0 Å². The zero-order chi connectivity index (χ0) is 13.1. The molecule has 0 saturated carbocycles. The van der Waals surface area contributed by atoms with Gasteiger partial charge in [-0.1, -0.05) is 18.2 Å². The van der Waals surface area contributed by atoms with Crippen LogP contribution in [0.15, 0.2) is 53.0 Å². The van der Waals surface area contributed by atoms with Crippen LogP contribution in [0, 0.1) is 0 Å². The maximum atomic E-state index is 11.4. The van der Waals surface area contributed by atoms with Crippen molar-refractivity contribution < 1.29 is 4.79 Å². The molecule has 0 aliphatic heterocycles. The topological polar surface area (TPSA) is 20.3 Å². The summed E-state index contributed by atoms with van der Waals surface area (Å²) in [5.41, 5.74) is 2.86. The zero-order valence-corrected chi connectivity index (χ0v) is 11.9. The molecule has 2 rings (SSSR count). The van der Waals surface area contributed by atoms with E-state index in [1.54, 1.807) is 6.92 Å². The largest absolute Gasteiger partial charge is 0.345 e. The first-order valence-corrected chi connectivity index (χ1v) is 6.48. The van der Waals surface area contributed by atoms with Gasteiger partial charge in [-0.15, -0.1) is 0 Å². The van der Waals surface area contributed by atoms with Gasteiger partial charge >= 0.3 is 0 Å². The summed E-state index contributed by atoms with van der Waals surface area (Å²) in [5.74, 6) is 0.0655. The summed E-state index contributed by atoms with van der Waals surface area (Å²) >= 11 is 3.44. The van der Waals surface area contributed by atoms with Gasteiger partial charge in [0.1, 0.15) is 0 Å². The summed E-state index contributed by atoms with van der Waals surface area (Å²) in [7, 11) is 2.00. The van der Waals surface area contributed by atoms with Crippen molar-refractivity contribution in [2.24, 2.45) is 0 Å². The fraction of sp³-hybridized carbons (Fsp3) is 0.133. The first-order chi connectivity index (χ1) is 8.59. The van der Waals surface area contributed by atoms with E-state index < -0.39 is 0 Å². The summed E-state index contributed by atoms with van der Waals surface area (Å²) in [6.45, 7) is 1.57. The second-order valence-corrected chi connectivity index (χ2v) is 4.97. The molecule has 0 radical (unpaired) electrons. The molecule has 0 atom stereocenters. The van der Waals surface area contributed by atoms with Crippen LogP contribution < -0.4 is 4.90 Å². The van der Waals surface area contributed by atoms with Crippen LogP contribution in [0.2, 0.25) is 0 Å². The smallest absolute Gasteiger partial charge is 0.160 e. The Morgan fingerprint density at radius 2 is 1.72 bits per heavy atom. The summed E-state index contributed by atoms with van der Waals surface area (Å²) in [6.07, 6.45) is 0. The Hall–Kier alpha value is -1.61. The zero-order valence-electron chi connectivity index (χ0n) is 10.4. The maximum absolute atomic E-state index is 11.4. The molecule has 0 bridgehead atoms. The molecule has 0 N–H and O–H groups in total. The molecule has 92 valence electrons. The van der Waals surface area contributed by atoms with E-state index in [1.807, 2.05) is 55.6 Å². The van der Waals surface area contributed by atoms with Crippen molar-refractivity contribution in [1.82, 2.24) is 0 Å². The molecule has 0 unspecified atom stereocenters. The lowest BCUT2D eigenvalue weighted by Gasteiger charge is -2.20. The molecule has 0 aromatic heterocycles. The second-order valence-electron chi connectivity index (χ2n) is 4.11. The van der Waals surface area contributed by atoms with E-state index in [0.717, 1.165) is 15.8 Å². The molecule has 0 amide bonds. The Kier molecular flexibility index (Phi) is 3.82. The number of carbonyl (C=O) groups excluding carboxylic acids is 1. The summed E-state index contributed by atoms with van der Waals surface area (Å²) in [6, 6.07) is 15.9. The van der Waals surface area contributed by atoms with Gasteiger partial charge in [0.2, 0.25) is 0 Å². The number of ketones is 1. The standard InChI is InChI=1S/C15H14BrNO/c1-11(18)14-9-8-13(10-15(14)16)17(2)12-6-4-3-5-7-12/h3-10H,1-2H3. The van der Waals surface area contributed by atoms with Gasteiger partial charge in [0.25, 0.3) is 0 Å². The Balaban J connectivity index is 2.35. The number of Topliss-reactive ketones (excluding diaryl/α,β-unsaturated/α-hetero) is 1. The molecular formula is C15H14BrNO. The monoisotopic (exact) mass is 303 g/mol. The number of anilines is 2. The SMILES string of the molecule is CC(=O)c1ccc(N(C)c2ccccc2)cc1Br. The van der Waals surface area contributed by atoms with Crippen LogP contribution in [0.5, 0.6) is 0 Å². The highest BCUT2D eigenvalue weighted by Crippen LogP contribution is 2.28. The normalized spacial score (nSPS) is 10.2. The lowest BCUT2D eigenvalue weighted by molar-refractivity contribution is 0.101. The highest BCUT2D eigenvalue weighted by Gasteiger charge is 2.09. The van der Waals surface area contributed by atoms with Crippen LogP contribution >= 0.6 is 15.9 Å². The third kappa shape index (κ3) is 2.62. The van der Waals surface area contributed by atoms with Crippen molar-refractivity contribution in [3.63, 3.8) is 0 Å². The van der Waals surface area contributed by atoms with E-state index in [-0.39, 0.29) is 5.78 Å². The summed E-state index contributed by atoms with van der Waals surface area (Å²) in [4.78, 5) is 13.5. The molecule has 0 heterocycles. The first-order valence-electron chi connectivity index (χ1n) is 5.69. The molecule has 2 aromatic carbocycles. The minimum Gasteiger partial charge on any atom is -0.345 e. The number of benzene rings is 2. The van der Waals surface area contributed by atoms with E-state index in [1.165, 1.54) is 0 Å². The number of para-hydroxylation sites is 1. The van der Waals surface area contributed by atoms with Crippen LogP contribution in [0.25, 0.3) is 0 Å². The minimum atomic E-state index is 0.0655. The van der Waals surface area contributed by atoms with Gasteiger partial charge in [-0.25, -0.2) is 0 Å². The maximum Gasteiger partial charge on any atom is 0.160 e. The van der Waals surface area contributed by atoms with Crippen molar-refractivity contribution in [1.29, 1.82) is 0 Å². The van der Waals surface area contributed by atoms with Crippen molar-refractivity contribution in [2.75, 3.05) is 11.9 Å². The summed E-state index contributed by atoms with van der Waals surface area (Å²) < 4.78 is 0.829. The quantitative estimate of drug-likeness (QED) is 0.782. The highest BCUT2D eigenvalue weighted by molar-refractivity contribution is 9.10. The van der Waals surface area contributed by atoms with E-state index in [2.05, 4.69) is 20.8 Å². The number of hydrogen-bond acceptors (Lipinski definition) is 2. The molecular weight excluding hydrogens is 290 g/mol. The number of nitrogens with zero attached hydrogens (tertiary/aromatic N) is 1. The molecule has 18 heavy (non-hydrogen) atoms. The van der Waals surface area contributed by atoms with E-state index >= 15 is 0 Å². The average molecular weight is 304 g/mol. The van der Waals surface area contributed by atoms with E-state index in [4.69, 9.17) is 0 Å². The third-order valence-electron chi connectivity index (χ3n) is 2.86. The Labute approximate surface area is 115 Å². The highest BCUT2D eigenvalue weighted by atomic mass is 79.9. The van der Waals surface area contributed by atoms with E-state index in [0.29, 0.717) is 5.56 Å². The fourth-order valence-electron chi connectivity index (χ4n) is 1.80. The molecule has 0 aliphatic rings. The first kappa shape index (κ1) is 12.8. The third-order valence-corrected chi connectivity index (χ3v) is 3.52. The van der Waals surface area contributed by atoms with Gasteiger partial charge in [-0.3, -0.25) is 4.79 Å². The molecule has 2 aromatic rings. The number of rotatable bonds is 3. The number of halogens is 1. The fourth-order valence-corrected chi connectivity index (χ4v) is 2.44. The molecule has 2 nitrogen and oxygen atoms in total. The molecule has 0 aliphatic carbocycles. The lowest BCUT2D eigenvalue weighted by atomic mass is 10.1. The molecule has 0 saturated heterocycles. The van der Waals surface area contributed by atoms with Crippen molar-refractivity contribution in [2.45, 2.75) is 6.92 Å². The van der Waals surface area contributed by atoms with Gasteiger partial charge in [-0.2, -0.15) is 0 Å². The number of hydrogen-bond donors (Lipinski definition) is 0. The molecule has 0 spiro atoms. The Morgan fingerprint density at radius 1 is 1.06 bits per heavy atom. The molecule has 0 fully saturated rings.